The molecule has 3 heteroatoms. The van der Waals surface area contributed by atoms with Crippen molar-refractivity contribution >= 4 is 11.8 Å². The van der Waals surface area contributed by atoms with Gasteiger partial charge in [0.25, 0.3) is 0 Å². The monoisotopic (exact) mass is 220 g/mol. The molecule has 0 heterocycles. The highest BCUT2D eigenvalue weighted by molar-refractivity contribution is 5.82. The molecule has 0 saturated heterocycles. The predicted molar refractivity (Wildman–Crippen MR) is 63.4 cm³/mol. The summed E-state index contributed by atoms with van der Waals surface area (Å²) in [5.41, 5.74) is 1.72. The number of para-hydroxylation sites is 1. The van der Waals surface area contributed by atoms with Crippen molar-refractivity contribution in [3.05, 3.63) is 29.8 Å². The molecule has 0 aliphatic heterocycles. The Morgan fingerprint density at radius 1 is 1.38 bits per heavy atom. The van der Waals surface area contributed by atoms with E-state index in [1.54, 1.807) is 6.07 Å². The van der Waals surface area contributed by atoms with Crippen LogP contribution in [0, 0.1) is 0 Å². The number of carbonyl (C=O) groups is 1. The summed E-state index contributed by atoms with van der Waals surface area (Å²) in [4.78, 5) is 10.6. The van der Waals surface area contributed by atoms with Crippen molar-refractivity contribution in [1.29, 1.82) is 0 Å². The van der Waals surface area contributed by atoms with Gasteiger partial charge in [-0.25, -0.2) is 0 Å². The maximum absolute atomic E-state index is 10.6. The molecular weight excluding hydrogens is 202 g/mol. The highest BCUT2D eigenvalue weighted by Crippen LogP contribution is 2.30. The molecule has 1 rings (SSSR count). The molecule has 0 radical (unpaired) electrons. The van der Waals surface area contributed by atoms with Crippen LogP contribution in [-0.2, 0) is 0 Å². The van der Waals surface area contributed by atoms with E-state index >= 15 is 0 Å². The highest BCUT2D eigenvalue weighted by Gasteiger charge is 2.12. The van der Waals surface area contributed by atoms with Crippen molar-refractivity contribution in [2.45, 2.75) is 39.0 Å². The van der Waals surface area contributed by atoms with Gasteiger partial charge in [0.15, 0.2) is 0 Å². The van der Waals surface area contributed by atoms with Crippen LogP contribution in [0.5, 0.6) is 0 Å². The van der Waals surface area contributed by atoms with E-state index in [1.165, 1.54) is 0 Å². The lowest BCUT2D eigenvalue weighted by Gasteiger charge is -2.19. The zero-order valence-corrected chi connectivity index (χ0v) is 9.82. The Balaban J connectivity index is 2.95. The Labute approximate surface area is 96.5 Å². The summed E-state index contributed by atoms with van der Waals surface area (Å²) in [7, 11) is 0. The van der Waals surface area contributed by atoms with E-state index in [-0.39, 0.29) is 0 Å². The fraction of sp³-hybridized carbons (Fsp3) is 0.462. The van der Waals surface area contributed by atoms with E-state index in [4.69, 9.17) is 0 Å². The standard InChI is InChI=1S/C13H19NO2/c1-3-7-10(4-2)11-8-5-6-9-12(11)14-13(15)16/h5-6,8-10,14H,3-4,7H2,1-2H3,(H,15,16)/p-1. The zero-order chi connectivity index (χ0) is 12.0. The van der Waals surface area contributed by atoms with Crippen molar-refractivity contribution in [1.82, 2.24) is 0 Å². The average molecular weight is 220 g/mol. The zero-order valence-electron chi connectivity index (χ0n) is 9.82. The number of anilines is 1. The Bertz CT molecular complexity index is 350. The smallest absolute Gasteiger partial charge is 0.138 e. The van der Waals surface area contributed by atoms with Gasteiger partial charge in [0.2, 0.25) is 0 Å². The van der Waals surface area contributed by atoms with E-state index in [9.17, 15) is 9.90 Å². The van der Waals surface area contributed by atoms with Crippen LogP contribution >= 0.6 is 0 Å². The van der Waals surface area contributed by atoms with Gasteiger partial charge in [0.1, 0.15) is 6.09 Å². The SMILES string of the molecule is CCCC(CC)c1ccccc1NC(=O)[O-]. The lowest BCUT2D eigenvalue weighted by atomic mass is 9.91. The largest absolute Gasteiger partial charge is 0.530 e. The molecule has 0 saturated carbocycles. The second-order valence-electron chi connectivity index (χ2n) is 3.89. The fourth-order valence-corrected chi connectivity index (χ4v) is 2.00. The van der Waals surface area contributed by atoms with Gasteiger partial charge in [-0.05, 0) is 30.4 Å². The average Bonchev–Trinajstić information content (AvgIpc) is 2.26. The maximum Gasteiger partial charge on any atom is 0.138 e. The molecule has 0 fully saturated rings. The summed E-state index contributed by atoms with van der Waals surface area (Å²) >= 11 is 0. The molecular formula is C13H18NO2-. The summed E-state index contributed by atoms with van der Waals surface area (Å²) in [6.45, 7) is 4.26. The number of amides is 1. The number of rotatable bonds is 5. The highest BCUT2D eigenvalue weighted by atomic mass is 16.4. The molecule has 1 amide bonds. The number of benzene rings is 1. The summed E-state index contributed by atoms with van der Waals surface area (Å²) in [5.74, 6) is 0.410. The normalized spacial score (nSPS) is 12.1. The van der Waals surface area contributed by atoms with Crippen LogP contribution < -0.4 is 10.4 Å². The minimum atomic E-state index is -1.25. The van der Waals surface area contributed by atoms with E-state index in [1.807, 2.05) is 18.2 Å². The van der Waals surface area contributed by atoms with E-state index in [2.05, 4.69) is 19.2 Å². The molecule has 0 bridgehead atoms. The lowest BCUT2D eigenvalue weighted by molar-refractivity contribution is -0.242. The molecule has 0 aliphatic carbocycles. The molecule has 3 nitrogen and oxygen atoms in total. The molecule has 0 aromatic heterocycles. The Morgan fingerprint density at radius 3 is 2.62 bits per heavy atom. The summed E-state index contributed by atoms with van der Waals surface area (Å²) in [5, 5.41) is 12.9. The molecule has 1 aromatic rings. The van der Waals surface area contributed by atoms with Gasteiger partial charge < -0.3 is 15.2 Å². The third-order valence-corrected chi connectivity index (χ3v) is 2.77. The first-order valence-electron chi connectivity index (χ1n) is 5.75. The van der Waals surface area contributed by atoms with E-state index in [0.717, 1.165) is 24.8 Å². The van der Waals surface area contributed by atoms with Crippen molar-refractivity contribution in [3.8, 4) is 0 Å². The summed E-state index contributed by atoms with van der Waals surface area (Å²) in [6.07, 6.45) is 1.93. The summed E-state index contributed by atoms with van der Waals surface area (Å²) in [6, 6.07) is 7.53. The third kappa shape index (κ3) is 3.26. The molecule has 0 spiro atoms. The van der Waals surface area contributed by atoms with Crippen LogP contribution in [0.3, 0.4) is 0 Å². The second kappa shape index (κ2) is 6.16. The van der Waals surface area contributed by atoms with Gasteiger partial charge in [-0.2, -0.15) is 0 Å². The van der Waals surface area contributed by atoms with Crippen LogP contribution in [0.15, 0.2) is 24.3 Å². The molecule has 1 aromatic carbocycles. The molecule has 0 aliphatic rings. The number of carbonyl (C=O) groups excluding carboxylic acids is 1. The first-order valence-corrected chi connectivity index (χ1v) is 5.75. The lowest BCUT2D eigenvalue weighted by Crippen LogP contribution is -2.29. The van der Waals surface area contributed by atoms with E-state index < -0.39 is 6.09 Å². The fourth-order valence-electron chi connectivity index (χ4n) is 2.00. The predicted octanol–water partition coefficient (Wildman–Crippen LogP) is 2.74. The Kier molecular flexibility index (Phi) is 4.83. The quantitative estimate of drug-likeness (QED) is 0.829. The minimum Gasteiger partial charge on any atom is -0.530 e. The van der Waals surface area contributed by atoms with Crippen LogP contribution in [-0.4, -0.2) is 6.09 Å². The van der Waals surface area contributed by atoms with Crippen LogP contribution in [0.25, 0.3) is 0 Å². The van der Waals surface area contributed by atoms with Gasteiger partial charge in [0.05, 0.1) is 0 Å². The minimum absolute atomic E-state index is 0.410. The number of hydrogen-bond acceptors (Lipinski definition) is 2. The van der Waals surface area contributed by atoms with Crippen LogP contribution in [0.4, 0.5) is 10.5 Å². The van der Waals surface area contributed by atoms with Crippen LogP contribution in [0.1, 0.15) is 44.6 Å². The van der Waals surface area contributed by atoms with Gasteiger partial charge >= 0.3 is 0 Å². The molecule has 1 N–H and O–H groups in total. The van der Waals surface area contributed by atoms with Crippen molar-refractivity contribution < 1.29 is 9.90 Å². The van der Waals surface area contributed by atoms with Gasteiger partial charge in [0, 0.05) is 5.69 Å². The first-order chi connectivity index (χ1) is 7.69. The van der Waals surface area contributed by atoms with Gasteiger partial charge in [-0.1, -0.05) is 38.5 Å². The topological polar surface area (TPSA) is 52.2 Å². The molecule has 16 heavy (non-hydrogen) atoms. The number of hydrogen-bond donors (Lipinski definition) is 1. The van der Waals surface area contributed by atoms with Gasteiger partial charge in [-0.15, -0.1) is 0 Å². The Hall–Kier alpha value is -1.51. The third-order valence-electron chi connectivity index (χ3n) is 2.77. The van der Waals surface area contributed by atoms with Gasteiger partial charge in [-0.3, -0.25) is 0 Å². The maximum atomic E-state index is 10.6. The molecule has 1 atom stereocenters. The molecule has 1 unspecified atom stereocenters. The number of nitrogens with one attached hydrogen (secondary N) is 1. The molecule has 88 valence electrons. The Morgan fingerprint density at radius 2 is 2.06 bits per heavy atom. The first kappa shape index (κ1) is 12.6. The van der Waals surface area contributed by atoms with Crippen molar-refractivity contribution in [2.24, 2.45) is 0 Å². The second-order valence-corrected chi connectivity index (χ2v) is 3.89. The van der Waals surface area contributed by atoms with Crippen molar-refractivity contribution in [2.75, 3.05) is 5.32 Å². The van der Waals surface area contributed by atoms with E-state index in [0.29, 0.717) is 11.6 Å². The van der Waals surface area contributed by atoms with Crippen molar-refractivity contribution in [3.63, 3.8) is 0 Å². The van der Waals surface area contributed by atoms with Crippen LogP contribution in [0.2, 0.25) is 0 Å². The summed E-state index contributed by atoms with van der Waals surface area (Å²) < 4.78 is 0. The number of carboxylic acid groups (broad SMARTS) is 1.